The van der Waals surface area contributed by atoms with Gasteiger partial charge in [0.1, 0.15) is 5.78 Å². The van der Waals surface area contributed by atoms with Crippen LogP contribution in [0.3, 0.4) is 0 Å². The Bertz CT molecular complexity index is 407. The van der Waals surface area contributed by atoms with Gasteiger partial charge in [-0.15, -0.1) is 6.58 Å². The third-order valence-electron chi connectivity index (χ3n) is 3.97. The Morgan fingerprint density at radius 1 is 1.20 bits per heavy atom. The second-order valence-corrected chi connectivity index (χ2v) is 6.21. The first-order chi connectivity index (χ1) is 9.56. The number of carbonyl (C=O) groups is 1. The molecule has 1 atom stereocenters. The molecule has 0 spiro atoms. The number of rotatable bonds is 10. The van der Waals surface area contributed by atoms with Gasteiger partial charge in [0, 0.05) is 6.42 Å². The Balaban J connectivity index is 2.53. The van der Waals surface area contributed by atoms with Crippen molar-refractivity contribution in [3.05, 3.63) is 48.6 Å². The highest BCUT2D eigenvalue weighted by atomic mass is 16.1. The minimum atomic E-state index is 0.142. The fourth-order valence-corrected chi connectivity index (χ4v) is 2.83. The molecule has 0 aliphatic rings. The second-order valence-electron chi connectivity index (χ2n) is 6.21. The molecule has 0 heterocycles. The van der Waals surface area contributed by atoms with E-state index >= 15 is 0 Å². The Hall–Kier alpha value is -1.37. The van der Waals surface area contributed by atoms with Gasteiger partial charge in [-0.05, 0) is 50.0 Å². The maximum Gasteiger partial charge on any atom is 0.130 e. The van der Waals surface area contributed by atoms with Crippen LogP contribution in [0.25, 0.3) is 0 Å². The number of hydrogen-bond acceptors (Lipinski definition) is 1. The lowest BCUT2D eigenvalue weighted by Crippen LogP contribution is -2.21. The van der Waals surface area contributed by atoms with Crippen LogP contribution in [0.15, 0.2) is 43.0 Å². The number of aryl methyl sites for hydroxylation is 1. The summed E-state index contributed by atoms with van der Waals surface area (Å²) in [4.78, 5) is 11.5. The van der Waals surface area contributed by atoms with Crippen LogP contribution < -0.4 is 0 Å². The van der Waals surface area contributed by atoms with Crippen molar-refractivity contribution in [2.75, 3.05) is 0 Å². The summed E-state index contributed by atoms with van der Waals surface area (Å²) < 4.78 is 0. The summed E-state index contributed by atoms with van der Waals surface area (Å²) in [6.45, 7) is 7.75. The summed E-state index contributed by atoms with van der Waals surface area (Å²) in [5.41, 5.74) is 1.51. The Kier molecular flexibility index (Phi) is 7.28. The number of hydrogen-bond donors (Lipinski definition) is 0. The third kappa shape index (κ3) is 6.70. The van der Waals surface area contributed by atoms with E-state index in [1.54, 1.807) is 6.92 Å². The highest BCUT2D eigenvalue weighted by Crippen LogP contribution is 2.34. The molecule has 1 heteroatoms. The van der Waals surface area contributed by atoms with Gasteiger partial charge in [-0.1, -0.05) is 49.8 Å². The average molecular weight is 272 g/mol. The lowest BCUT2D eigenvalue weighted by Gasteiger charge is -2.29. The first-order valence-electron chi connectivity index (χ1n) is 7.70. The van der Waals surface area contributed by atoms with Gasteiger partial charge in [-0.2, -0.15) is 0 Å². The van der Waals surface area contributed by atoms with Crippen LogP contribution in [-0.4, -0.2) is 5.78 Å². The zero-order valence-electron chi connectivity index (χ0n) is 13.0. The van der Waals surface area contributed by atoms with Gasteiger partial charge in [0.2, 0.25) is 0 Å². The van der Waals surface area contributed by atoms with E-state index in [9.17, 15) is 4.79 Å². The third-order valence-corrected chi connectivity index (χ3v) is 3.97. The molecule has 0 aliphatic carbocycles. The van der Waals surface area contributed by atoms with Crippen molar-refractivity contribution in [1.29, 1.82) is 0 Å². The quantitative estimate of drug-likeness (QED) is 0.414. The lowest BCUT2D eigenvalue weighted by atomic mass is 9.76. The molecule has 1 aromatic rings. The SMILES string of the molecule is C=CCCCC[C@](C)(CCc1ccccc1)CC(C)=O. The molecule has 0 radical (unpaired) electrons. The average Bonchev–Trinajstić information content (AvgIpc) is 2.42. The molecule has 0 N–H and O–H groups in total. The number of Topliss-reactive ketones (excluding diaryl/α,β-unsaturated/α-hetero) is 1. The summed E-state index contributed by atoms with van der Waals surface area (Å²) in [5, 5.41) is 0. The monoisotopic (exact) mass is 272 g/mol. The number of carbonyl (C=O) groups excluding carboxylic acids is 1. The number of unbranched alkanes of at least 4 members (excludes halogenated alkanes) is 2. The molecule has 1 rings (SSSR count). The van der Waals surface area contributed by atoms with Crippen molar-refractivity contribution in [1.82, 2.24) is 0 Å². The standard InChI is InChI=1S/C19H28O/c1-4-5-6-10-14-19(3,16-17(2)20)15-13-18-11-8-7-9-12-18/h4,7-9,11-12H,1,5-6,10,13-16H2,2-3H3/t19-/m1/s1. The van der Waals surface area contributed by atoms with E-state index in [1.807, 2.05) is 12.1 Å². The zero-order chi connectivity index (χ0) is 14.8. The topological polar surface area (TPSA) is 17.1 Å². The predicted octanol–water partition coefficient (Wildman–Crippen LogP) is 5.35. The minimum Gasteiger partial charge on any atom is -0.300 e. The summed E-state index contributed by atoms with van der Waals surface area (Å²) in [6.07, 6.45) is 9.41. The van der Waals surface area contributed by atoms with Crippen molar-refractivity contribution in [3.8, 4) is 0 Å². The number of ketones is 1. The summed E-state index contributed by atoms with van der Waals surface area (Å²) >= 11 is 0. The fourth-order valence-electron chi connectivity index (χ4n) is 2.83. The summed E-state index contributed by atoms with van der Waals surface area (Å²) in [6, 6.07) is 10.6. The van der Waals surface area contributed by atoms with E-state index in [1.165, 1.54) is 18.4 Å². The molecular formula is C19H28O. The Morgan fingerprint density at radius 3 is 2.50 bits per heavy atom. The zero-order valence-corrected chi connectivity index (χ0v) is 13.0. The lowest BCUT2D eigenvalue weighted by molar-refractivity contribution is -0.119. The Morgan fingerprint density at radius 2 is 1.90 bits per heavy atom. The molecule has 0 saturated heterocycles. The van der Waals surface area contributed by atoms with Crippen molar-refractivity contribution in [3.63, 3.8) is 0 Å². The van der Waals surface area contributed by atoms with E-state index in [4.69, 9.17) is 0 Å². The molecule has 0 aliphatic heterocycles. The molecule has 20 heavy (non-hydrogen) atoms. The Labute approximate surface area is 124 Å². The summed E-state index contributed by atoms with van der Waals surface area (Å²) in [5.74, 6) is 0.310. The van der Waals surface area contributed by atoms with Crippen molar-refractivity contribution in [2.24, 2.45) is 5.41 Å². The molecule has 110 valence electrons. The highest BCUT2D eigenvalue weighted by Gasteiger charge is 2.25. The first-order valence-corrected chi connectivity index (χ1v) is 7.70. The van der Waals surface area contributed by atoms with E-state index < -0.39 is 0 Å². The maximum absolute atomic E-state index is 11.5. The molecule has 0 amide bonds. The van der Waals surface area contributed by atoms with Gasteiger partial charge in [-0.25, -0.2) is 0 Å². The van der Waals surface area contributed by atoms with Gasteiger partial charge >= 0.3 is 0 Å². The smallest absolute Gasteiger partial charge is 0.130 e. The van der Waals surface area contributed by atoms with Gasteiger partial charge in [-0.3, -0.25) is 0 Å². The normalized spacial score (nSPS) is 13.7. The number of allylic oxidation sites excluding steroid dienone is 1. The van der Waals surface area contributed by atoms with E-state index in [-0.39, 0.29) is 5.41 Å². The van der Waals surface area contributed by atoms with E-state index in [2.05, 4.69) is 37.8 Å². The van der Waals surface area contributed by atoms with Crippen LogP contribution in [0.1, 0.15) is 57.9 Å². The highest BCUT2D eigenvalue weighted by molar-refractivity contribution is 5.76. The maximum atomic E-state index is 11.5. The van der Waals surface area contributed by atoms with Crippen LogP contribution in [0, 0.1) is 5.41 Å². The summed E-state index contributed by atoms with van der Waals surface area (Å²) in [7, 11) is 0. The fraction of sp³-hybridized carbons (Fsp3) is 0.526. The van der Waals surface area contributed by atoms with Crippen molar-refractivity contribution in [2.45, 2.75) is 58.8 Å². The largest absolute Gasteiger partial charge is 0.300 e. The molecule has 1 nitrogen and oxygen atoms in total. The van der Waals surface area contributed by atoms with Gasteiger partial charge in [0.05, 0.1) is 0 Å². The van der Waals surface area contributed by atoms with Crippen LogP contribution in [0.2, 0.25) is 0 Å². The molecule has 1 aromatic carbocycles. The van der Waals surface area contributed by atoms with E-state index in [0.29, 0.717) is 12.2 Å². The predicted molar refractivity (Wildman–Crippen MR) is 86.8 cm³/mol. The van der Waals surface area contributed by atoms with Gasteiger partial charge < -0.3 is 4.79 Å². The second kappa shape index (κ2) is 8.73. The van der Waals surface area contributed by atoms with Crippen LogP contribution >= 0.6 is 0 Å². The van der Waals surface area contributed by atoms with Gasteiger partial charge in [0.25, 0.3) is 0 Å². The molecule has 0 bridgehead atoms. The van der Waals surface area contributed by atoms with Crippen molar-refractivity contribution >= 4 is 5.78 Å². The minimum absolute atomic E-state index is 0.142. The van der Waals surface area contributed by atoms with Gasteiger partial charge in [0.15, 0.2) is 0 Å². The molecule has 0 unspecified atom stereocenters. The van der Waals surface area contributed by atoms with Crippen LogP contribution in [0.4, 0.5) is 0 Å². The van der Waals surface area contributed by atoms with Crippen molar-refractivity contribution < 1.29 is 4.79 Å². The molecule has 0 fully saturated rings. The molecular weight excluding hydrogens is 244 g/mol. The molecule has 0 aromatic heterocycles. The number of benzene rings is 1. The van der Waals surface area contributed by atoms with Crippen LogP contribution in [0.5, 0.6) is 0 Å². The van der Waals surface area contributed by atoms with Crippen LogP contribution in [-0.2, 0) is 11.2 Å². The molecule has 0 saturated carbocycles. The van der Waals surface area contributed by atoms with E-state index in [0.717, 1.165) is 25.7 Å². The first kappa shape index (κ1) is 16.7.